The van der Waals surface area contributed by atoms with Crippen molar-refractivity contribution in [2.24, 2.45) is 0 Å². The molecule has 0 fully saturated rings. The molecular formula is C19H23NO3S. The third-order valence-corrected chi connectivity index (χ3v) is 5.75. The number of hydrogen-bond acceptors (Lipinski definition) is 3. The largest absolute Gasteiger partial charge is 0.343 e. The van der Waals surface area contributed by atoms with E-state index in [1.807, 2.05) is 44.2 Å². The molecule has 0 spiro atoms. The second kappa shape index (κ2) is 8.11. The van der Waals surface area contributed by atoms with E-state index in [0.717, 1.165) is 11.1 Å². The second-order valence-electron chi connectivity index (χ2n) is 5.53. The van der Waals surface area contributed by atoms with Gasteiger partial charge in [-0.15, -0.1) is 0 Å². The van der Waals surface area contributed by atoms with Crippen molar-refractivity contribution in [3.63, 3.8) is 0 Å². The van der Waals surface area contributed by atoms with Gasteiger partial charge in [-0.2, -0.15) is 0 Å². The summed E-state index contributed by atoms with van der Waals surface area (Å²) in [5, 5.41) is 0. The van der Waals surface area contributed by atoms with Crippen LogP contribution in [-0.2, 0) is 14.6 Å². The minimum Gasteiger partial charge on any atom is -0.343 e. The molecule has 0 unspecified atom stereocenters. The molecule has 24 heavy (non-hydrogen) atoms. The lowest BCUT2D eigenvalue weighted by Gasteiger charge is -2.18. The summed E-state index contributed by atoms with van der Waals surface area (Å²) in [6.07, 6.45) is 0.0183. The van der Waals surface area contributed by atoms with Crippen LogP contribution in [0.4, 0.5) is 0 Å². The maximum Gasteiger partial charge on any atom is 0.223 e. The zero-order valence-electron chi connectivity index (χ0n) is 14.1. The highest BCUT2D eigenvalue weighted by Crippen LogP contribution is 2.21. The van der Waals surface area contributed by atoms with Gasteiger partial charge in [-0.25, -0.2) is 8.42 Å². The Labute approximate surface area is 144 Å². The monoisotopic (exact) mass is 345 g/mol. The van der Waals surface area contributed by atoms with Crippen LogP contribution in [0.3, 0.4) is 0 Å². The average Bonchev–Trinajstić information content (AvgIpc) is 2.62. The van der Waals surface area contributed by atoms with E-state index in [0.29, 0.717) is 13.1 Å². The fourth-order valence-electron chi connectivity index (χ4n) is 2.56. The Balaban J connectivity index is 2.08. The number of rotatable bonds is 7. The van der Waals surface area contributed by atoms with E-state index in [-0.39, 0.29) is 23.0 Å². The van der Waals surface area contributed by atoms with Gasteiger partial charge in [0.05, 0.1) is 10.6 Å². The lowest BCUT2D eigenvalue weighted by molar-refractivity contribution is -0.130. The molecule has 0 radical (unpaired) electrons. The predicted octanol–water partition coefficient (Wildman–Crippen LogP) is 3.39. The van der Waals surface area contributed by atoms with Gasteiger partial charge in [0.2, 0.25) is 5.91 Å². The highest BCUT2D eigenvalue weighted by atomic mass is 32.2. The first kappa shape index (κ1) is 18.2. The first-order valence-electron chi connectivity index (χ1n) is 8.14. The molecule has 0 saturated carbocycles. The molecule has 2 aromatic rings. The molecule has 0 bridgehead atoms. The van der Waals surface area contributed by atoms with Crippen LogP contribution in [0.15, 0.2) is 59.5 Å². The standard InChI is InChI=1S/C19H23NO3S/c1-3-20(4-2)19(21)14-15-24(22,23)18-12-10-17(11-13-18)16-8-6-5-7-9-16/h5-13H,3-4,14-15H2,1-2H3. The van der Waals surface area contributed by atoms with Gasteiger partial charge in [-0.05, 0) is 37.1 Å². The molecule has 4 nitrogen and oxygen atoms in total. The van der Waals surface area contributed by atoms with Gasteiger partial charge in [-0.3, -0.25) is 4.79 Å². The number of hydrogen-bond donors (Lipinski definition) is 0. The van der Waals surface area contributed by atoms with Gasteiger partial charge in [0.15, 0.2) is 9.84 Å². The van der Waals surface area contributed by atoms with Crippen LogP contribution in [-0.4, -0.2) is 38.1 Å². The van der Waals surface area contributed by atoms with Crippen LogP contribution in [0.2, 0.25) is 0 Å². The fraction of sp³-hybridized carbons (Fsp3) is 0.316. The van der Waals surface area contributed by atoms with Crippen molar-refractivity contribution in [2.45, 2.75) is 25.2 Å². The van der Waals surface area contributed by atoms with Crippen molar-refractivity contribution >= 4 is 15.7 Å². The Morgan fingerprint density at radius 3 is 1.96 bits per heavy atom. The van der Waals surface area contributed by atoms with Gasteiger partial charge in [0.25, 0.3) is 0 Å². The molecule has 0 aliphatic rings. The Bertz CT molecular complexity index is 764. The van der Waals surface area contributed by atoms with E-state index in [2.05, 4.69) is 0 Å². The van der Waals surface area contributed by atoms with Crippen molar-refractivity contribution in [3.8, 4) is 11.1 Å². The third kappa shape index (κ3) is 4.45. The van der Waals surface area contributed by atoms with Crippen molar-refractivity contribution in [1.82, 2.24) is 4.90 Å². The highest BCUT2D eigenvalue weighted by Gasteiger charge is 2.18. The normalized spacial score (nSPS) is 11.2. The zero-order chi connectivity index (χ0) is 17.6. The first-order chi connectivity index (χ1) is 11.5. The maximum absolute atomic E-state index is 12.4. The van der Waals surface area contributed by atoms with Gasteiger partial charge in [0.1, 0.15) is 0 Å². The van der Waals surface area contributed by atoms with Crippen molar-refractivity contribution in [2.75, 3.05) is 18.8 Å². The number of sulfone groups is 1. The molecule has 128 valence electrons. The van der Waals surface area contributed by atoms with E-state index >= 15 is 0 Å². The summed E-state index contributed by atoms with van der Waals surface area (Å²) >= 11 is 0. The van der Waals surface area contributed by atoms with Crippen molar-refractivity contribution in [3.05, 3.63) is 54.6 Å². The molecule has 0 heterocycles. The number of benzene rings is 2. The fourth-order valence-corrected chi connectivity index (χ4v) is 3.79. The zero-order valence-corrected chi connectivity index (χ0v) is 14.9. The minimum atomic E-state index is -3.45. The van der Waals surface area contributed by atoms with Crippen LogP contribution >= 0.6 is 0 Å². The van der Waals surface area contributed by atoms with E-state index < -0.39 is 9.84 Å². The Kier molecular flexibility index (Phi) is 6.15. The van der Waals surface area contributed by atoms with E-state index in [1.54, 1.807) is 29.2 Å². The lowest BCUT2D eigenvalue weighted by Crippen LogP contribution is -2.31. The second-order valence-corrected chi connectivity index (χ2v) is 7.63. The highest BCUT2D eigenvalue weighted by molar-refractivity contribution is 7.91. The smallest absolute Gasteiger partial charge is 0.223 e. The average molecular weight is 345 g/mol. The van der Waals surface area contributed by atoms with Crippen LogP contribution in [0.1, 0.15) is 20.3 Å². The molecule has 0 atom stereocenters. The molecular weight excluding hydrogens is 322 g/mol. The molecule has 2 rings (SSSR count). The van der Waals surface area contributed by atoms with E-state index in [4.69, 9.17) is 0 Å². The number of amides is 1. The Morgan fingerprint density at radius 1 is 0.875 bits per heavy atom. The Hall–Kier alpha value is -2.14. The summed E-state index contributed by atoms with van der Waals surface area (Å²) < 4.78 is 24.8. The number of carbonyl (C=O) groups excluding carboxylic acids is 1. The lowest BCUT2D eigenvalue weighted by atomic mass is 10.1. The molecule has 1 amide bonds. The molecule has 5 heteroatoms. The van der Waals surface area contributed by atoms with Crippen molar-refractivity contribution in [1.29, 1.82) is 0 Å². The van der Waals surface area contributed by atoms with Crippen LogP contribution in [0.5, 0.6) is 0 Å². The van der Waals surface area contributed by atoms with Gasteiger partial charge in [0, 0.05) is 19.5 Å². The van der Waals surface area contributed by atoms with Crippen LogP contribution in [0, 0.1) is 0 Å². The minimum absolute atomic E-state index is 0.0183. The summed E-state index contributed by atoms with van der Waals surface area (Å²) in [5.74, 6) is -0.281. The predicted molar refractivity (Wildman–Crippen MR) is 96.5 cm³/mol. The molecule has 0 aliphatic carbocycles. The first-order valence-corrected chi connectivity index (χ1v) is 9.79. The summed E-state index contributed by atoms with van der Waals surface area (Å²) in [6.45, 7) is 4.97. The molecule has 0 saturated heterocycles. The van der Waals surface area contributed by atoms with Crippen molar-refractivity contribution < 1.29 is 13.2 Å². The molecule has 0 N–H and O–H groups in total. The summed E-state index contributed by atoms with van der Waals surface area (Å²) in [7, 11) is -3.45. The summed E-state index contributed by atoms with van der Waals surface area (Å²) in [5.41, 5.74) is 2.01. The van der Waals surface area contributed by atoms with Gasteiger partial charge >= 0.3 is 0 Å². The number of carbonyl (C=O) groups is 1. The van der Waals surface area contributed by atoms with E-state index in [9.17, 15) is 13.2 Å². The van der Waals surface area contributed by atoms with E-state index in [1.165, 1.54) is 0 Å². The van der Waals surface area contributed by atoms with Gasteiger partial charge in [-0.1, -0.05) is 42.5 Å². The third-order valence-electron chi connectivity index (χ3n) is 4.02. The summed E-state index contributed by atoms with van der Waals surface area (Å²) in [6, 6.07) is 16.6. The molecule has 0 aliphatic heterocycles. The molecule has 0 aromatic heterocycles. The molecule has 2 aromatic carbocycles. The topological polar surface area (TPSA) is 54.5 Å². The Morgan fingerprint density at radius 2 is 1.42 bits per heavy atom. The quantitative estimate of drug-likeness (QED) is 0.773. The SMILES string of the molecule is CCN(CC)C(=O)CCS(=O)(=O)c1ccc(-c2ccccc2)cc1. The number of nitrogens with zero attached hydrogens (tertiary/aromatic N) is 1. The van der Waals surface area contributed by atoms with Gasteiger partial charge < -0.3 is 4.90 Å². The van der Waals surface area contributed by atoms with Crippen LogP contribution < -0.4 is 0 Å². The van der Waals surface area contributed by atoms with Crippen LogP contribution in [0.25, 0.3) is 11.1 Å². The maximum atomic E-state index is 12.4. The summed E-state index contributed by atoms with van der Waals surface area (Å²) in [4.78, 5) is 13.9.